The van der Waals surface area contributed by atoms with Gasteiger partial charge in [0.15, 0.2) is 5.96 Å². The molecule has 1 aliphatic rings. The summed E-state index contributed by atoms with van der Waals surface area (Å²) in [7, 11) is 1.71. The van der Waals surface area contributed by atoms with E-state index < -0.39 is 0 Å². The lowest BCUT2D eigenvalue weighted by Gasteiger charge is -2.34. The number of nitrogens with zero attached hydrogens (tertiary/aromatic N) is 2. The van der Waals surface area contributed by atoms with Gasteiger partial charge in [0, 0.05) is 46.1 Å². The number of hydrogen-bond donors (Lipinski definition) is 2. The average Bonchev–Trinajstić information content (AvgIpc) is 3.27. The van der Waals surface area contributed by atoms with Crippen LogP contribution in [0, 0.1) is 5.92 Å². The number of aliphatic imine (C=N–C) groups is 1. The lowest BCUT2D eigenvalue weighted by molar-refractivity contribution is -0.121. The molecule has 2 aromatic rings. The first-order valence-electron chi connectivity index (χ1n) is 10.5. The van der Waals surface area contributed by atoms with Crippen molar-refractivity contribution in [1.82, 2.24) is 15.5 Å². The third kappa shape index (κ3) is 8.01. The second-order valence-corrected chi connectivity index (χ2v) is 7.50. The van der Waals surface area contributed by atoms with Crippen molar-refractivity contribution in [2.75, 3.05) is 33.2 Å². The fourth-order valence-corrected chi connectivity index (χ4v) is 3.67. The molecule has 1 aliphatic heterocycles. The molecule has 1 fully saturated rings. The van der Waals surface area contributed by atoms with Crippen molar-refractivity contribution in [3.8, 4) is 0 Å². The van der Waals surface area contributed by atoms with Gasteiger partial charge in [-0.15, -0.1) is 24.0 Å². The first-order valence-corrected chi connectivity index (χ1v) is 10.5. The first-order chi connectivity index (χ1) is 14.2. The number of furan rings is 1. The number of rotatable bonds is 8. The van der Waals surface area contributed by atoms with E-state index >= 15 is 0 Å². The van der Waals surface area contributed by atoms with E-state index in [2.05, 4.69) is 39.8 Å². The molecule has 3 rings (SSSR count). The number of amides is 1. The van der Waals surface area contributed by atoms with E-state index in [9.17, 15) is 4.79 Å². The molecule has 0 aliphatic carbocycles. The molecule has 2 N–H and O–H groups in total. The van der Waals surface area contributed by atoms with Gasteiger partial charge in [0.2, 0.25) is 5.91 Å². The first kappa shape index (κ1) is 24.2. The molecule has 0 bridgehead atoms. The zero-order valence-corrected chi connectivity index (χ0v) is 20.0. The van der Waals surface area contributed by atoms with E-state index in [4.69, 9.17) is 9.41 Å². The summed E-state index contributed by atoms with van der Waals surface area (Å²) in [5.74, 6) is 2.52. The van der Waals surface area contributed by atoms with Gasteiger partial charge >= 0.3 is 0 Å². The van der Waals surface area contributed by atoms with Gasteiger partial charge in [-0.1, -0.05) is 30.3 Å². The van der Waals surface area contributed by atoms with Crippen LogP contribution in [-0.4, -0.2) is 50.0 Å². The van der Waals surface area contributed by atoms with Crippen molar-refractivity contribution < 1.29 is 9.21 Å². The van der Waals surface area contributed by atoms with Crippen LogP contribution in [0.15, 0.2) is 58.1 Å². The molecule has 0 saturated carbocycles. The highest BCUT2D eigenvalue weighted by Crippen LogP contribution is 2.20. The van der Waals surface area contributed by atoms with E-state index in [0.29, 0.717) is 18.9 Å². The quantitative estimate of drug-likeness (QED) is 0.315. The van der Waals surface area contributed by atoms with Crippen molar-refractivity contribution >= 4 is 35.8 Å². The Kier molecular flexibility index (Phi) is 10.8. The van der Waals surface area contributed by atoms with Gasteiger partial charge in [-0.2, -0.15) is 0 Å². The molecular weight excluding hydrogens is 491 g/mol. The van der Waals surface area contributed by atoms with E-state index in [1.165, 1.54) is 5.56 Å². The summed E-state index contributed by atoms with van der Waals surface area (Å²) >= 11 is 0. The van der Waals surface area contributed by atoms with E-state index in [-0.39, 0.29) is 29.9 Å². The van der Waals surface area contributed by atoms with Crippen molar-refractivity contribution in [1.29, 1.82) is 0 Å². The number of benzene rings is 1. The molecule has 6 nitrogen and oxygen atoms in total. The van der Waals surface area contributed by atoms with Crippen molar-refractivity contribution in [2.24, 2.45) is 10.9 Å². The highest BCUT2D eigenvalue weighted by molar-refractivity contribution is 14.0. The number of nitrogens with one attached hydrogen (secondary N) is 2. The Bertz CT molecular complexity index is 757. The Morgan fingerprint density at radius 3 is 2.57 bits per heavy atom. The summed E-state index contributed by atoms with van der Waals surface area (Å²) < 4.78 is 5.42. The van der Waals surface area contributed by atoms with Crippen LogP contribution in [0.4, 0.5) is 0 Å². The van der Waals surface area contributed by atoms with E-state index in [1.807, 2.05) is 18.2 Å². The zero-order valence-electron chi connectivity index (χ0n) is 17.7. The summed E-state index contributed by atoms with van der Waals surface area (Å²) in [6.07, 6.45) is 6.12. The van der Waals surface area contributed by atoms with Crippen LogP contribution in [0.5, 0.6) is 0 Å². The molecule has 1 aromatic heterocycles. The minimum Gasteiger partial charge on any atom is -0.469 e. The Morgan fingerprint density at radius 2 is 1.90 bits per heavy atom. The Hall–Kier alpha value is -2.03. The minimum absolute atomic E-state index is 0. The summed E-state index contributed by atoms with van der Waals surface area (Å²) in [6.45, 7) is 3.40. The van der Waals surface area contributed by atoms with Crippen LogP contribution < -0.4 is 10.6 Å². The molecule has 7 heteroatoms. The van der Waals surface area contributed by atoms with Crippen molar-refractivity contribution in [2.45, 2.75) is 32.1 Å². The molecule has 0 unspecified atom stereocenters. The van der Waals surface area contributed by atoms with Crippen molar-refractivity contribution in [3.05, 3.63) is 60.1 Å². The Morgan fingerprint density at radius 1 is 1.13 bits per heavy atom. The molecular formula is C23H33IN4O2. The highest BCUT2D eigenvalue weighted by Gasteiger charge is 2.23. The largest absolute Gasteiger partial charge is 0.469 e. The van der Waals surface area contributed by atoms with Gasteiger partial charge in [0.05, 0.1) is 6.26 Å². The zero-order chi connectivity index (χ0) is 20.3. The SMILES string of the molecule is CNC(=O)CC1CCN(C(=NCCc2ccco2)NCCc2ccccc2)CC1.I. The van der Waals surface area contributed by atoms with Crippen LogP contribution >= 0.6 is 24.0 Å². The maximum absolute atomic E-state index is 11.7. The molecule has 164 valence electrons. The number of piperidine rings is 1. The topological polar surface area (TPSA) is 69.9 Å². The van der Waals surface area contributed by atoms with Gasteiger partial charge in [0.1, 0.15) is 5.76 Å². The lowest BCUT2D eigenvalue weighted by Crippen LogP contribution is -2.46. The molecule has 1 amide bonds. The van der Waals surface area contributed by atoms with Crippen molar-refractivity contribution in [3.63, 3.8) is 0 Å². The Labute approximate surface area is 196 Å². The van der Waals surface area contributed by atoms with Crippen LogP contribution in [0.2, 0.25) is 0 Å². The van der Waals surface area contributed by atoms with Gasteiger partial charge < -0.3 is 20.0 Å². The van der Waals surface area contributed by atoms with Gasteiger partial charge in [-0.3, -0.25) is 9.79 Å². The second kappa shape index (κ2) is 13.3. The summed E-state index contributed by atoms with van der Waals surface area (Å²) in [4.78, 5) is 18.8. The number of guanidine groups is 1. The fourth-order valence-electron chi connectivity index (χ4n) is 3.67. The number of carbonyl (C=O) groups excluding carboxylic acids is 1. The predicted octanol–water partition coefficient (Wildman–Crippen LogP) is 3.48. The van der Waals surface area contributed by atoms with Crippen LogP contribution in [0.25, 0.3) is 0 Å². The monoisotopic (exact) mass is 524 g/mol. The maximum atomic E-state index is 11.7. The molecule has 2 heterocycles. The van der Waals surface area contributed by atoms with Crippen LogP contribution in [-0.2, 0) is 17.6 Å². The smallest absolute Gasteiger partial charge is 0.220 e. The van der Waals surface area contributed by atoms with Gasteiger partial charge in [-0.25, -0.2) is 0 Å². The van der Waals surface area contributed by atoms with E-state index in [1.54, 1.807) is 13.3 Å². The summed E-state index contributed by atoms with van der Waals surface area (Å²) in [6, 6.07) is 14.4. The van der Waals surface area contributed by atoms with Crippen LogP contribution in [0.1, 0.15) is 30.6 Å². The number of carbonyl (C=O) groups is 1. The third-order valence-corrected chi connectivity index (χ3v) is 5.41. The lowest BCUT2D eigenvalue weighted by atomic mass is 9.93. The summed E-state index contributed by atoms with van der Waals surface area (Å²) in [5.41, 5.74) is 1.32. The molecule has 0 atom stereocenters. The molecule has 30 heavy (non-hydrogen) atoms. The highest BCUT2D eigenvalue weighted by atomic mass is 127. The minimum atomic E-state index is 0. The molecule has 0 radical (unpaired) electrons. The molecule has 0 spiro atoms. The van der Waals surface area contributed by atoms with E-state index in [0.717, 1.165) is 57.0 Å². The standard InChI is InChI=1S/C23H32N4O2.HI/c1-24-22(28)18-20-11-15-27(16-12-20)23(26-14-10-21-8-5-17-29-21)25-13-9-19-6-3-2-4-7-19;/h2-8,17,20H,9-16,18H2,1H3,(H,24,28)(H,25,26);1H. The number of likely N-dealkylation sites (tertiary alicyclic amines) is 1. The summed E-state index contributed by atoms with van der Waals surface area (Å²) in [5, 5.41) is 6.28. The fraction of sp³-hybridized carbons (Fsp3) is 0.478. The normalized spacial score (nSPS) is 14.8. The predicted molar refractivity (Wildman–Crippen MR) is 131 cm³/mol. The average molecular weight is 524 g/mol. The number of halogens is 1. The van der Waals surface area contributed by atoms with Gasteiger partial charge in [-0.05, 0) is 42.9 Å². The van der Waals surface area contributed by atoms with Gasteiger partial charge in [0.25, 0.3) is 0 Å². The maximum Gasteiger partial charge on any atom is 0.220 e. The number of hydrogen-bond acceptors (Lipinski definition) is 3. The Balaban J connectivity index is 0.00000320. The second-order valence-electron chi connectivity index (χ2n) is 7.50. The van der Waals surface area contributed by atoms with Crippen LogP contribution in [0.3, 0.4) is 0 Å². The third-order valence-electron chi connectivity index (χ3n) is 5.41. The molecule has 1 saturated heterocycles. The molecule has 1 aromatic carbocycles.